The summed E-state index contributed by atoms with van der Waals surface area (Å²) >= 11 is 1.75. The largest absolute Gasteiger partial charge is 0.497 e. The summed E-state index contributed by atoms with van der Waals surface area (Å²) in [6.45, 7) is 6.00. The van der Waals surface area contributed by atoms with Gasteiger partial charge in [0.15, 0.2) is 0 Å². The standard InChI is InChI=1S/C22H28N2O3S/c1-16(25)24-13-19-10-20(26-2)5-6-21(19)27-22(14-24)18-4-3-8-23(12-18)11-17-7-9-28-15-17/h5-7,9-10,15,18,22H,3-4,8,11-14H2,1-2H3/t18-,22-/m1/s1. The van der Waals surface area contributed by atoms with Crippen LogP contribution in [-0.4, -0.2) is 48.6 Å². The number of ether oxygens (including phenoxy) is 2. The molecule has 0 bridgehead atoms. The van der Waals surface area contributed by atoms with Gasteiger partial charge in [-0.1, -0.05) is 0 Å². The molecular weight excluding hydrogens is 372 g/mol. The number of thiophene rings is 1. The molecule has 1 aromatic heterocycles. The van der Waals surface area contributed by atoms with Gasteiger partial charge in [-0.15, -0.1) is 0 Å². The van der Waals surface area contributed by atoms with Crippen molar-refractivity contribution >= 4 is 17.2 Å². The highest BCUT2D eigenvalue weighted by Crippen LogP contribution is 2.33. The summed E-state index contributed by atoms with van der Waals surface area (Å²) in [4.78, 5) is 16.7. The number of amides is 1. The fraction of sp³-hybridized carbons (Fsp3) is 0.500. The Balaban J connectivity index is 1.52. The molecule has 28 heavy (non-hydrogen) atoms. The van der Waals surface area contributed by atoms with Crippen molar-refractivity contribution in [3.8, 4) is 11.5 Å². The molecule has 0 spiro atoms. The second-order valence-electron chi connectivity index (χ2n) is 7.80. The molecule has 2 aromatic rings. The molecule has 150 valence electrons. The van der Waals surface area contributed by atoms with Crippen LogP contribution in [0.25, 0.3) is 0 Å². The second-order valence-corrected chi connectivity index (χ2v) is 8.58. The zero-order valence-corrected chi connectivity index (χ0v) is 17.4. The number of benzene rings is 1. The summed E-state index contributed by atoms with van der Waals surface area (Å²) in [6.07, 6.45) is 2.33. The smallest absolute Gasteiger partial charge is 0.219 e. The molecule has 0 aliphatic carbocycles. The van der Waals surface area contributed by atoms with Gasteiger partial charge in [-0.2, -0.15) is 11.3 Å². The molecule has 0 radical (unpaired) electrons. The number of carbonyl (C=O) groups is 1. The second kappa shape index (κ2) is 8.53. The molecule has 1 fully saturated rings. The van der Waals surface area contributed by atoms with E-state index in [1.807, 2.05) is 23.1 Å². The minimum Gasteiger partial charge on any atom is -0.497 e. The molecule has 2 aliphatic rings. The van der Waals surface area contributed by atoms with E-state index in [1.54, 1.807) is 25.4 Å². The van der Waals surface area contributed by atoms with Gasteiger partial charge >= 0.3 is 0 Å². The number of likely N-dealkylation sites (tertiary alicyclic amines) is 1. The molecule has 0 saturated carbocycles. The van der Waals surface area contributed by atoms with Crippen molar-refractivity contribution in [2.24, 2.45) is 5.92 Å². The van der Waals surface area contributed by atoms with Crippen molar-refractivity contribution in [2.45, 2.75) is 39.0 Å². The van der Waals surface area contributed by atoms with Gasteiger partial charge < -0.3 is 14.4 Å². The zero-order chi connectivity index (χ0) is 19.5. The maximum absolute atomic E-state index is 12.2. The first kappa shape index (κ1) is 19.3. The highest BCUT2D eigenvalue weighted by atomic mass is 32.1. The number of rotatable bonds is 4. The highest BCUT2D eigenvalue weighted by molar-refractivity contribution is 7.07. The molecule has 5 nitrogen and oxygen atoms in total. The van der Waals surface area contributed by atoms with E-state index in [9.17, 15) is 4.79 Å². The minimum absolute atomic E-state index is 0.0174. The lowest BCUT2D eigenvalue weighted by Crippen LogP contribution is -2.46. The molecule has 0 unspecified atom stereocenters. The predicted octanol–water partition coefficient (Wildman–Crippen LogP) is 3.78. The van der Waals surface area contributed by atoms with Gasteiger partial charge in [0.1, 0.15) is 17.6 Å². The van der Waals surface area contributed by atoms with Gasteiger partial charge in [0.25, 0.3) is 0 Å². The molecule has 0 N–H and O–H groups in total. The summed E-state index contributed by atoms with van der Waals surface area (Å²) in [5, 5.41) is 4.37. The average molecular weight is 401 g/mol. The summed E-state index contributed by atoms with van der Waals surface area (Å²) in [7, 11) is 1.66. The van der Waals surface area contributed by atoms with Gasteiger partial charge in [-0.3, -0.25) is 9.69 Å². The van der Waals surface area contributed by atoms with Crippen molar-refractivity contribution in [3.05, 3.63) is 46.2 Å². The topological polar surface area (TPSA) is 42.0 Å². The molecule has 2 aliphatic heterocycles. The number of carbonyl (C=O) groups excluding carboxylic acids is 1. The molecule has 1 saturated heterocycles. The van der Waals surface area contributed by atoms with Crippen LogP contribution in [0.1, 0.15) is 30.9 Å². The quantitative estimate of drug-likeness (QED) is 0.783. The van der Waals surface area contributed by atoms with Crippen molar-refractivity contribution < 1.29 is 14.3 Å². The summed E-state index contributed by atoms with van der Waals surface area (Å²) in [6, 6.07) is 8.11. The molecule has 2 atom stereocenters. The van der Waals surface area contributed by atoms with Crippen LogP contribution in [0.4, 0.5) is 0 Å². The minimum atomic E-state index is 0.0174. The number of hydrogen-bond donors (Lipinski definition) is 0. The van der Waals surface area contributed by atoms with Gasteiger partial charge in [-0.25, -0.2) is 0 Å². The maximum Gasteiger partial charge on any atom is 0.219 e. The van der Waals surface area contributed by atoms with Gasteiger partial charge in [-0.05, 0) is 60.0 Å². The number of hydrogen-bond acceptors (Lipinski definition) is 5. The van der Waals surface area contributed by atoms with Crippen LogP contribution >= 0.6 is 11.3 Å². The lowest BCUT2D eigenvalue weighted by molar-refractivity contribution is -0.130. The predicted molar refractivity (Wildman–Crippen MR) is 111 cm³/mol. The first-order valence-corrected chi connectivity index (χ1v) is 10.9. The van der Waals surface area contributed by atoms with Crippen LogP contribution in [0.5, 0.6) is 11.5 Å². The Kier molecular flexibility index (Phi) is 5.87. The molecule has 6 heteroatoms. The van der Waals surface area contributed by atoms with E-state index in [-0.39, 0.29) is 12.0 Å². The number of nitrogens with zero attached hydrogens (tertiary/aromatic N) is 2. The first-order valence-electron chi connectivity index (χ1n) is 9.95. The fourth-order valence-corrected chi connectivity index (χ4v) is 4.93. The van der Waals surface area contributed by atoms with Crippen LogP contribution in [0.15, 0.2) is 35.0 Å². The van der Waals surface area contributed by atoms with Crippen molar-refractivity contribution in [3.63, 3.8) is 0 Å². The molecule has 1 aromatic carbocycles. The zero-order valence-electron chi connectivity index (χ0n) is 16.6. The summed E-state index contributed by atoms with van der Waals surface area (Å²) in [5.41, 5.74) is 2.40. The third-order valence-corrected chi connectivity index (χ3v) is 6.54. The first-order chi connectivity index (χ1) is 13.6. The number of piperidine rings is 1. The SMILES string of the molecule is COc1ccc2c(c1)CN(C(C)=O)C[C@H]([C@@H]1CCCN(Cc3ccsc3)C1)O2. The lowest BCUT2D eigenvalue weighted by atomic mass is 9.91. The maximum atomic E-state index is 12.2. The third kappa shape index (κ3) is 4.33. The van der Waals surface area contributed by atoms with E-state index in [4.69, 9.17) is 9.47 Å². The Labute approximate surface area is 170 Å². The van der Waals surface area contributed by atoms with Crippen LogP contribution in [0.3, 0.4) is 0 Å². The van der Waals surface area contributed by atoms with Crippen LogP contribution in [0, 0.1) is 5.92 Å². The lowest BCUT2D eigenvalue weighted by Gasteiger charge is -2.37. The molecule has 4 rings (SSSR count). The van der Waals surface area contributed by atoms with Crippen molar-refractivity contribution in [1.82, 2.24) is 9.80 Å². The van der Waals surface area contributed by atoms with Crippen LogP contribution < -0.4 is 9.47 Å². The van der Waals surface area contributed by atoms with Gasteiger partial charge in [0.2, 0.25) is 5.91 Å². The monoisotopic (exact) mass is 400 g/mol. The van der Waals surface area contributed by atoms with Crippen LogP contribution in [0.2, 0.25) is 0 Å². The third-order valence-electron chi connectivity index (χ3n) is 5.81. The van der Waals surface area contributed by atoms with E-state index in [2.05, 4.69) is 21.7 Å². The van der Waals surface area contributed by atoms with E-state index in [1.165, 1.54) is 12.0 Å². The van der Waals surface area contributed by atoms with Gasteiger partial charge in [0.05, 0.1) is 13.7 Å². The van der Waals surface area contributed by atoms with E-state index in [0.29, 0.717) is 19.0 Å². The van der Waals surface area contributed by atoms with E-state index >= 15 is 0 Å². The number of methoxy groups -OCH3 is 1. The Morgan fingerprint density at radius 1 is 1.32 bits per heavy atom. The van der Waals surface area contributed by atoms with E-state index in [0.717, 1.165) is 43.1 Å². The number of fused-ring (bicyclic) bond motifs is 1. The van der Waals surface area contributed by atoms with Crippen molar-refractivity contribution in [2.75, 3.05) is 26.7 Å². The van der Waals surface area contributed by atoms with E-state index < -0.39 is 0 Å². The van der Waals surface area contributed by atoms with Crippen LogP contribution in [-0.2, 0) is 17.9 Å². The van der Waals surface area contributed by atoms with Crippen molar-refractivity contribution in [1.29, 1.82) is 0 Å². The highest BCUT2D eigenvalue weighted by Gasteiger charge is 2.33. The molecular formula is C22H28N2O3S. The molecule has 1 amide bonds. The fourth-order valence-electron chi connectivity index (χ4n) is 4.27. The Hall–Kier alpha value is -2.05. The summed E-state index contributed by atoms with van der Waals surface area (Å²) in [5.74, 6) is 2.19. The average Bonchev–Trinajstić information content (AvgIpc) is 3.12. The Bertz CT molecular complexity index is 808. The Morgan fingerprint density at radius 3 is 2.96 bits per heavy atom. The normalized spacial score (nSPS) is 22.9. The van der Waals surface area contributed by atoms with Gasteiger partial charge in [0, 0.05) is 38.0 Å². The summed E-state index contributed by atoms with van der Waals surface area (Å²) < 4.78 is 11.8. The molecule has 3 heterocycles. The Morgan fingerprint density at radius 2 is 2.21 bits per heavy atom.